The van der Waals surface area contributed by atoms with Crippen LogP contribution in [0.15, 0.2) is 23.0 Å². The molecule has 2 aromatic rings. The Bertz CT molecular complexity index is 625. The number of ether oxygens (including phenoxy) is 1. The van der Waals surface area contributed by atoms with Crippen LogP contribution in [-0.4, -0.2) is 29.2 Å². The van der Waals surface area contributed by atoms with Crippen molar-refractivity contribution in [2.45, 2.75) is 38.0 Å². The van der Waals surface area contributed by atoms with Crippen LogP contribution >= 0.6 is 0 Å². The topological polar surface area (TPSA) is 69.9 Å². The average Bonchev–Trinajstić information content (AvgIpc) is 2.71. The average molecular weight is 261 g/mol. The van der Waals surface area contributed by atoms with Crippen LogP contribution in [0, 0.1) is 0 Å². The first kappa shape index (κ1) is 12.4. The summed E-state index contributed by atoms with van der Waals surface area (Å²) >= 11 is 0. The fraction of sp³-hybridized carbons (Fsp3) is 0.500. The summed E-state index contributed by atoms with van der Waals surface area (Å²) in [5.41, 5.74) is 2.74. The van der Waals surface area contributed by atoms with Gasteiger partial charge in [0, 0.05) is 19.2 Å². The number of hydrogen-bond donors (Lipinski definition) is 3. The van der Waals surface area contributed by atoms with Crippen LogP contribution in [0.25, 0.3) is 11.0 Å². The van der Waals surface area contributed by atoms with E-state index in [-0.39, 0.29) is 11.7 Å². The molecule has 1 aromatic heterocycles. The van der Waals surface area contributed by atoms with Gasteiger partial charge >= 0.3 is 5.69 Å². The highest BCUT2D eigenvalue weighted by molar-refractivity contribution is 5.75. The van der Waals surface area contributed by atoms with Crippen molar-refractivity contribution in [3.63, 3.8) is 0 Å². The second kappa shape index (κ2) is 4.83. The van der Waals surface area contributed by atoms with E-state index in [9.17, 15) is 4.79 Å². The van der Waals surface area contributed by atoms with Gasteiger partial charge in [-0.25, -0.2) is 4.79 Å². The van der Waals surface area contributed by atoms with Gasteiger partial charge in [-0.15, -0.1) is 0 Å². The number of H-pyrrole nitrogens is 2. The largest absolute Gasteiger partial charge is 0.381 e. The number of hydrogen-bond acceptors (Lipinski definition) is 3. The predicted octanol–water partition coefficient (Wildman–Crippen LogP) is 1.68. The zero-order chi connectivity index (χ0) is 13.4. The lowest BCUT2D eigenvalue weighted by Crippen LogP contribution is -2.45. The second-order valence-corrected chi connectivity index (χ2v) is 5.30. The van der Waals surface area contributed by atoms with Gasteiger partial charge in [-0.3, -0.25) is 0 Å². The first-order valence-electron chi connectivity index (χ1n) is 6.66. The summed E-state index contributed by atoms with van der Waals surface area (Å²) in [4.78, 5) is 16.8. The Labute approximate surface area is 111 Å². The maximum Gasteiger partial charge on any atom is 0.323 e. The third-order valence-electron chi connectivity index (χ3n) is 3.95. The molecule has 1 aliphatic carbocycles. The van der Waals surface area contributed by atoms with Gasteiger partial charge in [0.2, 0.25) is 0 Å². The minimum atomic E-state index is -0.158. The van der Waals surface area contributed by atoms with Crippen molar-refractivity contribution < 1.29 is 4.74 Å². The Morgan fingerprint density at radius 1 is 1.32 bits per heavy atom. The van der Waals surface area contributed by atoms with Crippen LogP contribution in [0.1, 0.15) is 31.4 Å². The lowest BCUT2D eigenvalue weighted by molar-refractivity contribution is 0.0147. The number of benzene rings is 1. The van der Waals surface area contributed by atoms with E-state index in [0.717, 1.165) is 23.9 Å². The molecule has 5 nitrogen and oxygen atoms in total. The molecule has 1 atom stereocenters. The van der Waals surface area contributed by atoms with Crippen LogP contribution in [0.5, 0.6) is 0 Å². The van der Waals surface area contributed by atoms with Gasteiger partial charge in [-0.1, -0.05) is 6.07 Å². The minimum absolute atomic E-state index is 0.158. The van der Waals surface area contributed by atoms with Crippen molar-refractivity contribution in [2.75, 3.05) is 7.11 Å². The molecule has 1 fully saturated rings. The smallest absolute Gasteiger partial charge is 0.323 e. The molecule has 0 radical (unpaired) electrons. The summed E-state index contributed by atoms with van der Waals surface area (Å²) in [5.74, 6) is 0. The maximum atomic E-state index is 11.2. The van der Waals surface area contributed by atoms with Crippen molar-refractivity contribution in [1.82, 2.24) is 15.3 Å². The molecule has 5 heteroatoms. The molecular weight excluding hydrogens is 242 g/mol. The lowest BCUT2D eigenvalue weighted by Gasteiger charge is -2.36. The van der Waals surface area contributed by atoms with Gasteiger partial charge in [-0.2, -0.15) is 0 Å². The van der Waals surface area contributed by atoms with Crippen molar-refractivity contribution in [3.05, 3.63) is 34.2 Å². The van der Waals surface area contributed by atoms with Gasteiger partial charge in [0.15, 0.2) is 0 Å². The molecule has 1 saturated carbocycles. The number of aromatic amines is 2. The number of imidazole rings is 1. The van der Waals surface area contributed by atoms with E-state index >= 15 is 0 Å². The van der Waals surface area contributed by atoms with Crippen LogP contribution in [0.3, 0.4) is 0 Å². The molecule has 0 amide bonds. The van der Waals surface area contributed by atoms with E-state index in [1.165, 1.54) is 5.56 Å². The summed E-state index contributed by atoms with van der Waals surface area (Å²) in [6, 6.07) is 6.82. The molecule has 3 N–H and O–H groups in total. The highest BCUT2D eigenvalue weighted by Crippen LogP contribution is 2.26. The number of aromatic nitrogens is 2. The maximum absolute atomic E-state index is 11.2. The fourth-order valence-corrected chi connectivity index (χ4v) is 2.66. The van der Waals surface area contributed by atoms with Gasteiger partial charge in [0.1, 0.15) is 0 Å². The molecule has 1 unspecified atom stereocenters. The van der Waals surface area contributed by atoms with Crippen molar-refractivity contribution in [1.29, 1.82) is 0 Å². The monoisotopic (exact) mass is 261 g/mol. The molecule has 1 aromatic carbocycles. The first-order chi connectivity index (χ1) is 9.15. The van der Waals surface area contributed by atoms with E-state index in [4.69, 9.17) is 4.74 Å². The molecule has 19 heavy (non-hydrogen) atoms. The first-order valence-corrected chi connectivity index (χ1v) is 6.66. The second-order valence-electron chi connectivity index (χ2n) is 5.30. The Hall–Kier alpha value is -1.59. The van der Waals surface area contributed by atoms with Crippen molar-refractivity contribution in [2.24, 2.45) is 0 Å². The van der Waals surface area contributed by atoms with Gasteiger partial charge < -0.3 is 20.0 Å². The van der Waals surface area contributed by atoms with Crippen LogP contribution in [0.4, 0.5) is 0 Å². The molecule has 1 aliphatic rings. The lowest BCUT2D eigenvalue weighted by atomic mass is 9.88. The number of rotatable bonds is 4. The summed E-state index contributed by atoms with van der Waals surface area (Å²) in [6.45, 7) is 2.14. The van der Waals surface area contributed by atoms with E-state index in [2.05, 4.69) is 28.3 Å². The Morgan fingerprint density at radius 3 is 2.79 bits per heavy atom. The zero-order valence-electron chi connectivity index (χ0n) is 11.2. The minimum Gasteiger partial charge on any atom is -0.381 e. The fourth-order valence-electron chi connectivity index (χ4n) is 2.66. The highest BCUT2D eigenvalue weighted by atomic mass is 16.5. The van der Waals surface area contributed by atoms with Crippen molar-refractivity contribution in [3.8, 4) is 0 Å². The van der Waals surface area contributed by atoms with Gasteiger partial charge in [0.25, 0.3) is 0 Å². The summed E-state index contributed by atoms with van der Waals surface area (Å²) in [7, 11) is 1.76. The summed E-state index contributed by atoms with van der Waals surface area (Å²) < 4.78 is 5.28. The van der Waals surface area contributed by atoms with E-state index in [1.807, 2.05) is 12.1 Å². The van der Waals surface area contributed by atoms with Gasteiger partial charge in [-0.05, 0) is 37.5 Å². The number of methoxy groups -OCH3 is 1. The Kier molecular flexibility index (Phi) is 3.16. The number of fused-ring (bicyclic) bond motifs is 1. The molecule has 102 valence electrons. The standard InChI is InChI=1S/C14H19N3O2/c1-8(15-10-6-11(7-10)19-2)9-3-4-12-13(5-9)17-14(18)16-12/h3-5,8,10-11,15H,6-7H2,1-2H3,(H2,16,17,18). The van der Waals surface area contributed by atoms with E-state index in [1.54, 1.807) is 7.11 Å². The normalized spacial score (nSPS) is 24.3. The number of nitrogens with one attached hydrogen (secondary N) is 3. The van der Waals surface area contributed by atoms with Crippen LogP contribution in [0.2, 0.25) is 0 Å². The summed E-state index contributed by atoms with van der Waals surface area (Å²) in [5, 5.41) is 3.59. The predicted molar refractivity (Wildman–Crippen MR) is 74.3 cm³/mol. The molecule has 0 saturated heterocycles. The summed E-state index contributed by atoms with van der Waals surface area (Å²) in [6.07, 6.45) is 2.56. The molecular formula is C14H19N3O2. The zero-order valence-corrected chi connectivity index (χ0v) is 11.2. The SMILES string of the molecule is COC1CC(NC(C)c2ccc3[nH]c(=O)[nH]c3c2)C1. The van der Waals surface area contributed by atoms with E-state index < -0.39 is 0 Å². The van der Waals surface area contributed by atoms with Crippen LogP contribution < -0.4 is 11.0 Å². The molecule has 0 spiro atoms. The highest BCUT2D eigenvalue weighted by Gasteiger charge is 2.29. The molecule has 3 rings (SSSR count). The van der Waals surface area contributed by atoms with E-state index in [0.29, 0.717) is 12.1 Å². The Balaban J connectivity index is 1.71. The third-order valence-corrected chi connectivity index (χ3v) is 3.95. The molecule has 1 heterocycles. The molecule has 0 bridgehead atoms. The van der Waals surface area contributed by atoms with Crippen molar-refractivity contribution >= 4 is 11.0 Å². The van der Waals surface area contributed by atoms with Crippen LogP contribution in [-0.2, 0) is 4.74 Å². The quantitative estimate of drug-likeness (QED) is 0.784. The molecule has 0 aliphatic heterocycles. The Morgan fingerprint density at radius 2 is 2.05 bits per heavy atom. The van der Waals surface area contributed by atoms with Gasteiger partial charge in [0.05, 0.1) is 17.1 Å². The third kappa shape index (κ3) is 2.43.